The third-order valence-electron chi connectivity index (χ3n) is 5.36. The fraction of sp³-hybridized carbons (Fsp3) is 0.409. The van der Waals surface area contributed by atoms with Crippen LogP contribution in [-0.4, -0.2) is 71.8 Å². The summed E-state index contributed by atoms with van der Waals surface area (Å²) in [7, 11) is 0. The number of nitrogens with two attached hydrogens (primary N) is 1. The van der Waals surface area contributed by atoms with Crippen molar-refractivity contribution in [3.05, 3.63) is 52.8 Å². The molecule has 13 nitrogen and oxygen atoms in total. The van der Waals surface area contributed by atoms with E-state index in [4.69, 9.17) is 25.5 Å². The van der Waals surface area contributed by atoms with E-state index >= 15 is 0 Å². The SMILES string of the molecule is CC(=O)OC[C@H]1O[C@@H](n2cnc3c(C(CN=[N+]=[N-])[Se]c4ccccc4)nc(N)nc32)C[C@@H]1OC(C)=O. The van der Waals surface area contributed by atoms with E-state index in [1.54, 1.807) is 10.9 Å². The van der Waals surface area contributed by atoms with Crippen molar-refractivity contribution in [2.24, 2.45) is 5.11 Å². The maximum atomic E-state index is 11.6. The molecule has 0 radical (unpaired) electrons. The zero-order valence-electron chi connectivity index (χ0n) is 19.6. The van der Waals surface area contributed by atoms with Crippen molar-refractivity contribution in [2.45, 2.75) is 43.5 Å². The summed E-state index contributed by atoms with van der Waals surface area (Å²) in [5.74, 6) is -0.890. The van der Waals surface area contributed by atoms with E-state index in [9.17, 15) is 9.59 Å². The van der Waals surface area contributed by atoms with Gasteiger partial charge in [0.25, 0.3) is 0 Å². The van der Waals surface area contributed by atoms with E-state index in [2.05, 4.69) is 25.0 Å². The predicted molar refractivity (Wildman–Crippen MR) is 129 cm³/mol. The number of azide groups is 1. The molecule has 0 saturated carbocycles. The van der Waals surface area contributed by atoms with E-state index in [1.165, 1.54) is 13.8 Å². The molecule has 1 aliphatic rings. The number of ether oxygens (including phenoxy) is 3. The summed E-state index contributed by atoms with van der Waals surface area (Å²) in [4.78, 5) is 39.0. The van der Waals surface area contributed by atoms with Crippen LogP contribution in [0.15, 0.2) is 41.8 Å². The molecule has 0 aliphatic carbocycles. The molecule has 3 heterocycles. The molecule has 2 aromatic heterocycles. The summed E-state index contributed by atoms with van der Waals surface area (Å²) < 4.78 is 19.4. The van der Waals surface area contributed by atoms with E-state index in [0.29, 0.717) is 23.3 Å². The van der Waals surface area contributed by atoms with Crippen LogP contribution in [0.5, 0.6) is 0 Å². The number of carbonyl (C=O) groups excluding carboxylic acids is 2. The summed E-state index contributed by atoms with van der Waals surface area (Å²) in [6, 6.07) is 9.85. The number of rotatable bonds is 9. The Bertz CT molecular complexity index is 1300. The fourth-order valence-electron chi connectivity index (χ4n) is 3.90. The molecule has 3 aromatic rings. The van der Waals surface area contributed by atoms with Gasteiger partial charge in [-0.3, -0.25) is 0 Å². The van der Waals surface area contributed by atoms with Gasteiger partial charge in [0.2, 0.25) is 0 Å². The Kier molecular flexibility index (Phi) is 8.01. The number of aromatic nitrogens is 4. The summed E-state index contributed by atoms with van der Waals surface area (Å²) in [5.41, 5.74) is 16.6. The zero-order chi connectivity index (χ0) is 25.7. The van der Waals surface area contributed by atoms with Crippen molar-refractivity contribution < 1.29 is 23.8 Å². The quantitative estimate of drug-likeness (QED) is 0.134. The van der Waals surface area contributed by atoms with Crippen LogP contribution in [0.1, 0.15) is 37.0 Å². The van der Waals surface area contributed by atoms with Crippen LogP contribution in [0.3, 0.4) is 0 Å². The Hall–Kier alpha value is -3.70. The minimum atomic E-state index is -0.655. The number of hydrogen-bond acceptors (Lipinski definition) is 10. The standard InChI is InChI=1S/C22H24N8O5Se/c1-12(31)33-10-16-15(34-13(2)32)8-18(35-16)30-11-25-20-19(27-22(23)28-21(20)30)17(9-26-29-24)36-14-6-4-3-5-7-14/h3-7,11,15-18H,8-10H2,1-2H3,(H2,23,27,28)/t15-,16+,17?,18+/m0/s1. The van der Waals surface area contributed by atoms with Gasteiger partial charge < -0.3 is 0 Å². The second kappa shape index (κ2) is 11.4. The van der Waals surface area contributed by atoms with Crippen LogP contribution in [0.2, 0.25) is 0 Å². The van der Waals surface area contributed by atoms with Crippen LogP contribution in [0.25, 0.3) is 21.6 Å². The van der Waals surface area contributed by atoms with Crippen LogP contribution in [-0.2, 0) is 23.8 Å². The molecule has 1 saturated heterocycles. The second-order valence-corrected chi connectivity index (χ2v) is 10.6. The molecule has 2 N–H and O–H groups in total. The summed E-state index contributed by atoms with van der Waals surface area (Å²) in [6.45, 7) is 2.72. The van der Waals surface area contributed by atoms with Crippen molar-refractivity contribution in [3.63, 3.8) is 0 Å². The minimum absolute atomic E-state index is 0.0417. The molecule has 1 fully saturated rings. The molecule has 188 valence electrons. The van der Waals surface area contributed by atoms with E-state index in [0.717, 1.165) is 4.46 Å². The number of carbonyl (C=O) groups is 2. The maximum absolute atomic E-state index is 11.6. The molecule has 0 amide bonds. The number of anilines is 1. The van der Waals surface area contributed by atoms with Gasteiger partial charge in [-0.25, -0.2) is 0 Å². The van der Waals surface area contributed by atoms with Crippen molar-refractivity contribution in [2.75, 3.05) is 18.9 Å². The van der Waals surface area contributed by atoms with Gasteiger partial charge in [-0.15, -0.1) is 0 Å². The Morgan fingerprint density at radius 3 is 2.78 bits per heavy atom. The molecule has 14 heteroatoms. The third-order valence-corrected chi connectivity index (χ3v) is 7.88. The number of nitrogen functional groups attached to an aromatic ring is 1. The zero-order valence-corrected chi connectivity index (χ0v) is 21.3. The number of imidazole rings is 1. The molecular weight excluding hydrogens is 535 g/mol. The molecule has 0 bridgehead atoms. The Balaban J connectivity index is 1.68. The summed E-state index contributed by atoms with van der Waals surface area (Å²) >= 11 is -0.133. The second-order valence-electron chi connectivity index (χ2n) is 7.94. The number of esters is 2. The molecule has 0 spiro atoms. The molecule has 4 rings (SSSR count). The monoisotopic (exact) mass is 560 g/mol. The van der Waals surface area contributed by atoms with Gasteiger partial charge in [0, 0.05) is 0 Å². The van der Waals surface area contributed by atoms with Gasteiger partial charge in [-0.2, -0.15) is 0 Å². The Labute approximate surface area is 212 Å². The third kappa shape index (κ3) is 5.92. The number of hydrogen-bond donors (Lipinski definition) is 1. The average Bonchev–Trinajstić information content (AvgIpc) is 3.44. The fourth-order valence-corrected chi connectivity index (χ4v) is 6.13. The number of fused-ring (bicyclic) bond motifs is 1. The van der Waals surface area contributed by atoms with Crippen LogP contribution < -0.4 is 10.2 Å². The topological polar surface area (TPSA) is 180 Å². The van der Waals surface area contributed by atoms with E-state index in [-0.39, 0.29) is 38.9 Å². The molecule has 4 atom stereocenters. The van der Waals surface area contributed by atoms with Crippen molar-refractivity contribution in [1.29, 1.82) is 0 Å². The Morgan fingerprint density at radius 2 is 2.08 bits per heavy atom. The van der Waals surface area contributed by atoms with Gasteiger partial charge in [-0.05, 0) is 0 Å². The van der Waals surface area contributed by atoms with Gasteiger partial charge >= 0.3 is 212 Å². The molecular formula is C22H24N8O5Se. The van der Waals surface area contributed by atoms with Gasteiger partial charge in [0.05, 0.1) is 0 Å². The van der Waals surface area contributed by atoms with Crippen molar-refractivity contribution in [1.82, 2.24) is 19.5 Å². The van der Waals surface area contributed by atoms with Crippen LogP contribution in [0.4, 0.5) is 5.95 Å². The number of benzene rings is 1. The first-order chi connectivity index (χ1) is 17.4. The van der Waals surface area contributed by atoms with E-state index in [1.807, 2.05) is 30.3 Å². The first-order valence-corrected chi connectivity index (χ1v) is 12.9. The normalized spacial score (nSPS) is 20.0. The van der Waals surface area contributed by atoms with Crippen molar-refractivity contribution >= 4 is 48.5 Å². The number of nitrogens with zero attached hydrogens (tertiary/aromatic N) is 7. The first-order valence-electron chi connectivity index (χ1n) is 11.0. The van der Waals surface area contributed by atoms with Gasteiger partial charge in [0.1, 0.15) is 0 Å². The molecule has 1 unspecified atom stereocenters. The van der Waals surface area contributed by atoms with Crippen LogP contribution in [0, 0.1) is 0 Å². The Morgan fingerprint density at radius 1 is 1.31 bits per heavy atom. The molecule has 1 aromatic carbocycles. The first kappa shape index (κ1) is 25.4. The summed E-state index contributed by atoms with van der Waals surface area (Å²) in [6.07, 6.45) is -0.0178. The van der Waals surface area contributed by atoms with E-state index < -0.39 is 30.4 Å². The summed E-state index contributed by atoms with van der Waals surface area (Å²) in [5, 5.41) is 3.79. The van der Waals surface area contributed by atoms with Gasteiger partial charge in [-0.1, -0.05) is 0 Å². The predicted octanol–water partition coefficient (Wildman–Crippen LogP) is 1.57. The molecule has 36 heavy (non-hydrogen) atoms. The molecule has 1 aliphatic heterocycles. The van der Waals surface area contributed by atoms with Crippen molar-refractivity contribution in [3.8, 4) is 0 Å². The van der Waals surface area contributed by atoms with Crippen LogP contribution >= 0.6 is 0 Å². The van der Waals surface area contributed by atoms with Gasteiger partial charge in [0.15, 0.2) is 0 Å². The average molecular weight is 559 g/mol.